The molecule has 10 heteroatoms. The van der Waals surface area contributed by atoms with Crippen LogP contribution in [0.5, 0.6) is 0 Å². The third-order valence-electron chi connectivity index (χ3n) is 7.17. The molecule has 196 valence electrons. The Morgan fingerprint density at radius 2 is 1.90 bits per heavy atom. The molecule has 4 aromatic rings. The van der Waals surface area contributed by atoms with Crippen molar-refractivity contribution >= 4 is 41.7 Å². The molecule has 0 aliphatic heterocycles. The molecule has 2 N–H and O–H groups in total. The minimum Gasteiger partial charge on any atom is -0.383 e. The van der Waals surface area contributed by atoms with E-state index in [1.54, 1.807) is 6.20 Å². The molecule has 1 aliphatic rings. The summed E-state index contributed by atoms with van der Waals surface area (Å²) >= 11 is 6.79. The van der Waals surface area contributed by atoms with Gasteiger partial charge in [0.15, 0.2) is 0 Å². The van der Waals surface area contributed by atoms with Gasteiger partial charge in [-0.05, 0) is 54.5 Å². The van der Waals surface area contributed by atoms with E-state index in [2.05, 4.69) is 58.8 Å². The summed E-state index contributed by atoms with van der Waals surface area (Å²) in [6.07, 6.45) is 5.73. The topological polar surface area (TPSA) is 115 Å². The summed E-state index contributed by atoms with van der Waals surface area (Å²) < 4.78 is 1.92. The number of hydrogen-bond acceptors (Lipinski definition) is 7. The summed E-state index contributed by atoms with van der Waals surface area (Å²) in [6, 6.07) is 14.5. The molecule has 0 radical (unpaired) electrons. The Hall–Kier alpha value is -4.08. The molecule has 0 spiro atoms. The molecule has 1 atom stereocenters. The Balaban J connectivity index is 1.67. The minimum atomic E-state index is -0.833. The van der Waals surface area contributed by atoms with Gasteiger partial charge in [-0.15, -0.1) is 5.10 Å². The standard InChI is InChI=1S/C29H30BClN8/c1-17-18(12-32)6-5-7-23(17)29(30,25-15-39(38-37-25)21-8-9-21)36-20-10-22-26(35-16-28(2,3)4)19(13-33)14-34-27(22)24(31)11-20/h5-7,10-11,14-15,21,36H,8-9,16,30H2,1-4H3,(H,34,35). The molecule has 1 unspecified atom stereocenters. The zero-order chi connectivity index (χ0) is 27.9. The third kappa shape index (κ3) is 5.15. The smallest absolute Gasteiger partial charge is 0.148 e. The monoisotopic (exact) mass is 536 g/mol. The van der Waals surface area contributed by atoms with Crippen LogP contribution in [-0.4, -0.2) is 34.4 Å². The molecule has 2 aromatic carbocycles. The average molecular weight is 537 g/mol. The first-order valence-electron chi connectivity index (χ1n) is 13.0. The van der Waals surface area contributed by atoms with Gasteiger partial charge in [-0.2, -0.15) is 10.5 Å². The van der Waals surface area contributed by atoms with Gasteiger partial charge in [0, 0.05) is 23.8 Å². The number of nitrogens with zero attached hydrogens (tertiary/aromatic N) is 6. The van der Waals surface area contributed by atoms with Crippen LogP contribution in [0.1, 0.15) is 67.6 Å². The number of pyridine rings is 1. The lowest BCUT2D eigenvalue weighted by Crippen LogP contribution is -2.38. The Labute approximate surface area is 234 Å². The Morgan fingerprint density at radius 3 is 2.56 bits per heavy atom. The van der Waals surface area contributed by atoms with Gasteiger partial charge in [0.25, 0.3) is 0 Å². The van der Waals surface area contributed by atoms with Crippen LogP contribution in [0.15, 0.2) is 42.7 Å². The highest BCUT2D eigenvalue weighted by Crippen LogP contribution is 2.39. The van der Waals surface area contributed by atoms with Crippen LogP contribution in [-0.2, 0) is 5.44 Å². The van der Waals surface area contributed by atoms with E-state index >= 15 is 0 Å². The van der Waals surface area contributed by atoms with Gasteiger partial charge in [-0.25, -0.2) is 4.68 Å². The second kappa shape index (κ2) is 9.91. The van der Waals surface area contributed by atoms with Crippen LogP contribution in [0.25, 0.3) is 10.9 Å². The molecule has 5 rings (SSSR count). The largest absolute Gasteiger partial charge is 0.383 e. The number of anilines is 2. The fraction of sp³-hybridized carbons (Fsp3) is 0.345. The lowest BCUT2D eigenvalue weighted by molar-refractivity contribution is 0.443. The molecule has 8 nitrogen and oxygen atoms in total. The number of hydrogen-bond donors (Lipinski definition) is 2. The third-order valence-corrected chi connectivity index (χ3v) is 7.46. The minimum absolute atomic E-state index is 0.00276. The molecule has 1 fully saturated rings. The van der Waals surface area contributed by atoms with Crippen LogP contribution in [0.4, 0.5) is 11.4 Å². The van der Waals surface area contributed by atoms with Gasteiger partial charge in [-0.3, -0.25) is 4.98 Å². The van der Waals surface area contributed by atoms with E-state index in [9.17, 15) is 10.5 Å². The molecule has 1 saturated carbocycles. The van der Waals surface area contributed by atoms with E-state index in [4.69, 9.17) is 11.6 Å². The second-order valence-electron chi connectivity index (χ2n) is 11.6. The SMILES string of the molecule is BC(Nc1cc(Cl)c2ncc(C#N)c(NCC(C)(C)C)c2c1)(c1cn(C2CC2)nn1)c1cccc(C#N)c1C. The molecule has 0 saturated heterocycles. The molecule has 2 heterocycles. The Morgan fingerprint density at radius 1 is 1.15 bits per heavy atom. The van der Waals surface area contributed by atoms with Crippen molar-refractivity contribution in [3.05, 3.63) is 75.7 Å². The summed E-state index contributed by atoms with van der Waals surface area (Å²) in [5.74, 6) is 0. The van der Waals surface area contributed by atoms with Crippen LogP contribution in [0.3, 0.4) is 0 Å². The van der Waals surface area contributed by atoms with Crippen molar-refractivity contribution in [2.24, 2.45) is 5.41 Å². The van der Waals surface area contributed by atoms with Crippen LogP contribution in [0, 0.1) is 35.0 Å². The number of rotatable bonds is 7. The zero-order valence-corrected chi connectivity index (χ0v) is 23.6. The zero-order valence-electron chi connectivity index (χ0n) is 22.8. The van der Waals surface area contributed by atoms with Crippen molar-refractivity contribution in [3.63, 3.8) is 0 Å². The van der Waals surface area contributed by atoms with Crippen LogP contribution in [0.2, 0.25) is 5.02 Å². The first-order valence-corrected chi connectivity index (χ1v) is 13.4. The van der Waals surface area contributed by atoms with E-state index in [0.29, 0.717) is 39.9 Å². The Kier molecular flexibility index (Phi) is 6.74. The summed E-state index contributed by atoms with van der Waals surface area (Å²) in [6.45, 7) is 9.01. The number of nitriles is 2. The van der Waals surface area contributed by atoms with E-state index in [1.807, 2.05) is 56.0 Å². The summed E-state index contributed by atoms with van der Waals surface area (Å²) in [5, 5.41) is 36.9. The van der Waals surface area contributed by atoms with E-state index in [-0.39, 0.29) is 5.41 Å². The molecule has 2 aromatic heterocycles. The van der Waals surface area contributed by atoms with Gasteiger partial charge >= 0.3 is 0 Å². The van der Waals surface area contributed by atoms with Gasteiger partial charge in [0.2, 0.25) is 0 Å². The van der Waals surface area contributed by atoms with Crippen molar-refractivity contribution in [3.8, 4) is 12.1 Å². The predicted molar refractivity (Wildman–Crippen MR) is 157 cm³/mol. The van der Waals surface area contributed by atoms with Gasteiger partial charge in [0.1, 0.15) is 19.6 Å². The highest BCUT2D eigenvalue weighted by atomic mass is 35.5. The lowest BCUT2D eigenvalue weighted by Gasteiger charge is -2.33. The first-order chi connectivity index (χ1) is 18.5. The molecular weight excluding hydrogens is 507 g/mol. The number of fused-ring (bicyclic) bond motifs is 1. The predicted octanol–water partition coefficient (Wildman–Crippen LogP) is 5.27. The maximum atomic E-state index is 9.84. The summed E-state index contributed by atoms with van der Waals surface area (Å²) in [4.78, 5) is 4.49. The summed E-state index contributed by atoms with van der Waals surface area (Å²) in [5.41, 5.74) is 4.77. The fourth-order valence-electron chi connectivity index (χ4n) is 4.84. The average Bonchev–Trinajstić information content (AvgIpc) is 3.62. The van der Waals surface area contributed by atoms with Crippen LogP contribution >= 0.6 is 11.6 Å². The van der Waals surface area contributed by atoms with Crippen molar-refractivity contribution in [1.82, 2.24) is 20.0 Å². The van der Waals surface area contributed by atoms with Crippen molar-refractivity contribution in [1.29, 1.82) is 10.5 Å². The van der Waals surface area contributed by atoms with Crippen molar-refractivity contribution in [2.45, 2.75) is 52.0 Å². The molecular formula is C29H30BClN8. The lowest BCUT2D eigenvalue weighted by atomic mass is 9.68. The quantitative estimate of drug-likeness (QED) is 0.309. The number of aromatic nitrogens is 4. The van der Waals surface area contributed by atoms with Crippen molar-refractivity contribution in [2.75, 3.05) is 17.2 Å². The van der Waals surface area contributed by atoms with Crippen LogP contribution < -0.4 is 10.6 Å². The number of nitrogens with one attached hydrogen (secondary N) is 2. The van der Waals surface area contributed by atoms with Crippen molar-refractivity contribution < 1.29 is 0 Å². The molecule has 0 amide bonds. The maximum absolute atomic E-state index is 9.84. The van der Waals surface area contributed by atoms with Gasteiger partial charge in [-0.1, -0.05) is 49.7 Å². The van der Waals surface area contributed by atoms with E-state index in [1.165, 1.54) is 0 Å². The normalized spacial score (nSPS) is 14.8. The maximum Gasteiger partial charge on any atom is 0.148 e. The van der Waals surface area contributed by atoms with Gasteiger partial charge in [0.05, 0.1) is 51.1 Å². The Bertz CT molecular complexity index is 1660. The highest BCUT2D eigenvalue weighted by Gasteiger charge is 2.36. The highest BCUT2D eigenvalue weighted by molar-refractivity contribution is 6.36. The number of benzene rings is 2. The second-order valence-corrected chi connectivity index (χ2v) is 12.0. The fourth-order valence-corrected chi connectivity index (χ4v) is 5.11. The van der Waals surface area contributed by atoms with Gasteiger partial charge < -0.3 is 10.6 Å². The first kappa shape index (κ1) is 26.5. The number of halogens is 1. The molecule has 0 bridgehead atoms. The molecule has 39 heavy (non-hydrogen) atoms. The van der Waals surface area contributed by atoms with E-state index in [0.717, 1.165) is 40.7 Å². The van der Waals surface area contributed by atoms with E-state index < -0.39 is 5.44 Å². The summed E-state index contributed by atoms with van der Waals surface area (Å²) in [7, 11) is 2.04. The molecule has 1 aliphatic carbocycles.